The van der Waals surface area contributed by atoms with Gasteiger partial charge in [0.15, 0.2) is 0 Å². The summed E-state index contributed by atoms with van der Waals surface area (Å²) in [5, 5.41) is 14.6. The SMILES string of the molecule is CCCCC(NC(=O)NC1CCCC(C)CC1)C(=O)O. The second kappa shape index (κ2) is 8.82. The first-order valence-corrected chi connectivity index (χ1v) is 7.82. The lowest BCUT2D eigenvalue weighted by Gasteiger charge is -2.19. The number of aliphatic carboxylic acids is 1. The molecule has 3 unspecified atom stereocenters. The summed E-state index contributed by atoms with van der Waals surface area (Å²) in [6.07, 6.45) is 7.67. The van der Waals surface area contributed by atoms with E-state index < -0.39 is 12.0 Å². The van der Waals surface area contributed by atoms with Crippen molar-refractivity contribution >= 4 is 12.0 Å². The summed E-state index contributed by atoms with van der Waals surface area (Å²) in [6.45, 7) is 4.25. The van der Waals surface area contributed by atoms with E-state index in [4.69, 9.17) is 5.11 Å². The Hall–Kier alpha value is -1.26. The Kier molecular flexibility index (Phi) is 7.41. The minimum absolute atomic E-state index is 0.181. The van der Waals surface area contributed by atoms with Crippen LogP contribution >= 0.6 is 0 Å². The van der Waals surface area contributed by atoms with Gasteiger partial charge in [-0.3, -0.25) is 0 Å². The second-order valence-electron chi connectivity index (χ2n) is 5.96. The molecule has 1 saturated carbocycles. The molecule has 0 aromatic heterocycles. The van der Waals surface area contributed by atoms with Gasteiger partial charge in [-0.15, -0.1) is 0 Å². The van der Waals surface area contributed by atoms with Gasteiger partial charge >= 0.3 is 12.0 Å². The maximum atomic E-state index is 11.9. The van der Waals surface area contributed by atoms with E-state index in [9.17, 15) is 9.59 Å². The van der Waals surface area contributed by atoms with Crippen molar-refractivity contribution in [1.29, 1.82) is 0 Å². The first-order valence-electron chi connectivity index (χ1n) is 7.82. The molecule has 0 aliphatic heterocycles. The molecule has 0 spiro atoms. The van der Waals surface area contributed by atoms with Gasteiger partial charge in [0.05, 0.1) is 0 Å². The third-order valence-electron chi connectivity index (χ3n) is 4.04. The van der Waals surface area contributed by atoms with Crippen LogP contribution in [-0.2, 0) is 4.79 Å². The van der Waals surface area contributed by atoms with Crippen LogP contribution in [0.5, 0.6) is 0 Å². The van der Waals surface area contributed by atoms with Gasteiger partial charge < -0.3 is 15.7 Å². The summed E-state index contributed by atoms with van der Waals surface area (Å²) in [4.78, 5) is 23.0. The molecule has 5 heteroatoms. The van der Waals surface area contributed by atoms with Crippen molar-refractivity contribution in [2.45, 2.75) is 77.3 Å². The van der Waals surface area contributed by atoms with E-state index in [0.717, 1.165) is 44.4 Å². The zero-order valence-electron chi connectivity index (χ0n) is 12.7. The quantitative estimate of drug-likeness (QED) is 0.656. The molecule has 0 radical (unpaired) electrons. The molecule has 1 fully saturated rings. The Morgan fingerprint density at radius 2 is 2.00 bits per heavy atom. The van der Waals surface area contributed by atoms with Crippen LogP contribution in [0.3, 0.4) is 0 Å². The fraction of sp³-hybridized carbons (Fsp3) is 0.867. The predicted octanol–water partition coefficient (Wildman–Crippen LogP) is 2.90. The number of carbonyl (C=O) groups excluding carboxylic acids is 1. The summed E-state index contributed by atoms with van der Waals surface area (Å²) in [7, 11) is 0. The number of hydrogen-bond acceptors (Lipinski definition) is 2. The molecule has 5 nitrogen and oxygen atoms in total. The van der Waals surface area contributed by atoms with Gasteiger partial charge in [0.25, 0.3) is 0 Å². The summed E-state index contributed by atoms with van der Waals surface area (Å²) in [5.41, 5.74) is 0. The fourth-order valence-electron chi connectivity index (χ4n) is 2.68. The van der Waals surface area contributed by atoms with Crippen LogP contribution < -0.4 is 10.6 Å². The Bertz CT molecular complexity index is 320. The third-order valence-corrected chi connectivity index (χ3v) is 4.04. The van der Waals surface area contributed by atoms with E-state index in [-0.39, 0.29) is 12.1 Å². The van der Waals surface area contributed by atoms with Gasteiger partial charge in [0.1, 0.15) is 6.04 Å². The Morgan fingerprint density at radius 1 is 1.25 bits per heavy atom. The monoisotopic (exact) mass is 284 g/mol. The lowest BCUT2D eigenvalue weighted by molar-refractivity contribution is -0.139. The van der Waals surface area contributed by atoms with Crippen LogP contribution in [0.2, 0.25) is 0 Å². The van der Waals surface area contributed by atoms with Crippen LogP contribution in [-0.4, -0.2) is 29.2 Å². The molecule has 20 heavy (non-hydrogen) atoms. The van der Waals surface area contributed by atoms with Gasteiger partial charge in [0.2, 0.25) is 0 Å². The molecule has 116 valence electrons. The van der Waals surface area contributed by atoms with Gasteiger partial charge in [0, 0.05) is 6.04 Å². The van der Waals surface area contributed by atoms with Gasteiger partial charge in [-0.1, -0.05) is 39.5 Å². The van der Waals surface area contributed by atoms with Gasteiger partial charge in [-0.25, -0.2) is 9.59 Å². The molecular formula is C15H28N2O3. The number of carboxylic acids is 1. The van der Waals surface area contributed by atoms with Crippen LogP contribution in [0.15, 0.2) is 0 Å². The summed E-state index contributed by atoms with van der Waals surface area (Å²) in [6, 6.07) is -0.937. The maximum absolute atomic E-state index is 11.9. The molecule has 0 aromatic rings. The highest BCUT2D eigenvalue weighted by atomic mass is 16.4. The average molecular weight is 284 g/mol. The highest BCUT2D eigenvalue weighted by Crippen LogP contribution is 2.22. The molecule has 0 heterocycles. The maximum Gasteiger partial charge on any atom is 0.326 e. The van der Waals surface area contributed by atoms with Crippen LogP contribution in [0.1, 0.15) is 65.2 Å². The first kappa shape index (κ1) is 16.8. The molecule has 0 saturated heterocycles. The number of carbonyl (C=O) groups is 2. The van der Waals surface area contributed by atoms with E-state index in [0.29, 0.717) is 6.42 Å². The molecule has 1 aliphatic rings. The minimum atomic E-state index is -0.955. The highest BCUT2D eigenvalue weighted by molar-refractivity contribution is 5.82. The second-order valence-corrected chi connectivity index (χ2v) is 5.96. The van der Waals surface area contributed by atoms with Crippen LogP contribution in [0.25, 0.3) is 0 Å². The number of nitrogens with one attached hydrogen (secondary N) is 2. The van der Waals surface area contributed by atoms with E-state index in [1.165, 1.54) is 6.42 Å². The zero-order valence-corrected chi connectivity index (χ0v) is 12.7. The lowest BCUT2D eigenvalue weighted by Crippen LogP contribution is -2.48. The fourth-order valence-corrected chi connectivity index (χ4v) is 2.68. The Balaban J connectivity index is 2.38. The predicted molar refractivity (Wildman–Crippen MR) is 78.7 cm³/mol. The minimum Gasteiger partial charge on any atom is -0.480 e. The number of amides is 2. The molecule has 1 rings (SSSR count). The topological polar surface area (TPSA) is 78.4 Å². The zero-order chi connectivity index (χ0) is 15.0. The number of hydrogen-bond donors (Lipinski definition) is 3. The van der Waals surface area contributed by atoms with E-state index in [1.54, 1.807) is 0 Å². The van der Waals surface area contributed by atoms with E-state index in [2.05, 4.69) is 17.6 Å². The molecule has 3 atom stereocenters. The summed E-state index contributed by atoms with van der Waals surface area (Å²) in [5.74, 6) is -0.232. The third kappa shape index (κ3) is 6.26. The number of urea groups is 1. The van der Waals surface area contributed by atoms with Gasteiger partial charge in [-0.2, -0.15) is 0 Å². The standard InChI is InChI=1S/C15H28N2O3/c1-3-4-8-13(14(18)19)17-15(20)16-12-7-5-6-11(2)9-10-12/h11-13H,3-10H2,1-2H3,(H,18,19)(H2,16,17,20). The van der Waals surface area contributed by atoms with Crippen molar-refractivity contribution < 1.29 is 14.7 Å². The van der Waals surface area contributed by atoms with Crippen molar-refractivity contribution in [3.8, 4) is 0 Å². The van der Waals surface area contributed by atoms with Crippen LogP contribution in [0, 0.1) is 5.92 Å². The van der Waals surface area contributed by atoms with Crippen molar-refractivity contribution in [1.82, 2.24) is 10.6 Å². The van der Waals surface area contributed by atoms with Crippen molar-refractivity contribution in [3.05, 3.63) is 0 Å². The molecule has 2 amide bonds. The van der Waals surface area contributed by atoms with Crippen molar-refractivity contribution in [3.63, 3.8) is 0 Å². The number of unbranched alkanes of at least 4 members (excludes halogenated alkanes) is 1. The van der Waals surface area contributed by atoms with E-state index in [1.807, 2.05) is 6.92 Å². The number of rotatable bonds is 6. The summed E-state index contributed by atoms with van der Waals surface area (Å²) < 4.78 is 0. The lowest BCUT2D eigenvalue weighted by atomic mass is 10.0. The molecule has 1 aliphatic carbocycles. The Morgan fingerprint density at radius 3 is 2.65 bits per heavy atom. The van der Waals surface area contributed by atoms with Crippen molar-refractivity contribution in [2.24, 2.45) is 5.92 Å². The molecule has 3 N–H and O–H groups in total. The Labute approximate surface area is 121 Å². The number of carboxylic acid groups (broad SMARTS) is 1. The van der Waals surface area contributed by atoms with Gasteiger partial charge in [-0.05, 0) is 31.6 Å². The molecular weight excluding hydrogens is 256 g/mol. The van der Waals surface area contributed by atoms with Crippen LogP contribution in [0.4, 0.5) is 4.79 Å². The smallest absolute Gasteiger partial charge is 0.326 e. The highest BCUT2D eigenvalue weighted by Gasteiger charge is 2.22. The van der Waals surface area contributed by atoms with Crippen molar-refractivity contribution in [2.75, 3.05) is 0 Å². The largest absolute Gasteiger partial charge is 0.480 e. The first-order chi connectivity index (χ1) is 9.52. The van der Waals surface area contributed by atoms with E-state index >= 15 is 0 Å². The summed E-state index contributed by atoms with van der Waals surface area (Å²) >= 11 is 0. The normalized spacial score (nSPS) is 24.5. The molecule has 0 bridgehead atoms. The average Bonchev–Trinajstić information content (AvgIpc) is 2.59. The molecule has 0 aromatic carbocycles.